The van der Waals surface area contributed by atoms with E-state index in [9.17, 15) is 14.7 Å². The lowest BCUT2D eigenvalue weighted by Gasteiger charge is -2.40. The van der Waals surface area contributed by atoms with Gasteiger partial charge in [-0.3, -0.25) is 9.59 Å². The predicted molar refractivity (Wildman–Crippen MR) is 136 cm³/mol. The molecule has 6 nitrogen and oxygen atoms in total. The molecule has 0 fully saturated rings. The molecule has 0 saturated heterocycles. The Morgan fingerprint density at radius 1 is 1.06 bits per heavy atom. The van der Waals surface area contributed by atoms with E-state index < -0.39 is 22.9 Å². The van der Waals surface area contributed by atoms with E-state index in [1.165, 1.54) is 0 Å². The second-order valence-corrected chi connectivity index (χ2v) is 11.0. The molecular weight excluding hydrogens is 414 g/mol. The number of nitrogens with zero attached hydrogens (tertiary/aromatic N) is 1. The molecule has 0 aliphatic carbocycles. The fraction of sp³-hybridized carbons (Fsp3) is 0.630. The normalized spacial score (nSPS) is 15.7. The Morgan fingerprint density at radius 2 is 1.61 bits per heavy atom. The van der Waals surface area contributed by atoms with Crippen molar-refractivity contribution in [2.24, 2.45) is 11.3 Å². The molecule has 0 unspecified atom stereocenters. The summed E-state index contributed by atoms with van der Waals surface area (Å²) in [5.74, 6) is -0.209. The molecule has 0 radical (unpaired) electrons. The Kier molecular flexibility index (Phi) is 10.3. The highest BCUT2D eigenvalue weighted by molar-refractivity contribution is 5.91. The Labute approximate surface area is 200 Å². The van der Waals surface area contributed by atoms with Gasteiger partial charge in [-0.25, -0.2) is 0 Å². The van der Waals surface area contributed by atoms with E-state index in [1.54, 1.807) is 19.0 Å². The number of rotatable bonds is 10. The molecule has 186 valence electrons. The number of hydrogen-bond acceptors (Lipinski definition) is 4. The van der Waals surface area contributed by atoms with Crippen LogP contribution >= 0.6 is 0 Å². The van der Waals surface area contributed by atoms with Crippen LogP contribution in [0, 0.1) is 11.3 Å². The molecule has 3 atom stereocenters. The van der Waals surface area contributed by atoms with Gasteiger partial charge in [0.2, 0.25) is 11.8 Å². The molecule has 3 N–H and O–H groups in total. The van der Waals surface area contributed by atoms with E-state index in [1.807, 2.05) is 91.8 Å². The summed E-state index contributed by atoms with van der Waals surface area (Å²) >= 11 is 0. The molecular formula is C27H45N3O3. The zero-order valence-corrected chi connectivity index (χ0v) is 22.2. The van der Waals surface area contributed by atoms with Crippen molar-refractivity contribution in [1.29, 1.82) is 0 Å². The Balaban J connectivity index is 3.25. The number of carbonyl (C=O) groups is 2. The van der Waals surface area contributed by atoms with Crippen LogP contribution < -0.4 is 10.6 Å². The number of aliphatic hydroxyl groups excluding tert-OH is 1. The number of amides is 2. The monoisotopic (exact) mass is 459 g/mol. The maximum atomic E-state index is 13.7. The highest BCUT2D eigenvalue weighted by atomic mass is 16.3. The Morgan fingerprint density at radius 3 is 2.03 bits per heavy atom. The molecule has 1 aromatic carbocycles. The summed E-state index contributed by atoms with van der Waals surface area (Å²) in [6.07, 6.45) is 1.93. The SMILES string of the molecule is CN[C@H](C(=O)N[C@@H](C(=O)N(C)[C@H](C=C(C)CO)C(C)C)C(C)(C)C)C(C)(C)c1ccccc1. The van der Waals surface area contributed by atoms with Gasteiger partial charge >= 0.3 is 0 Å². The molecule has 1 aromatic rings. The molecule has 0 heterocycles. The third kappa shape index (κ3) is 7.41. The minimum Gasteiger partial charge on any atom is -0.392 e. The first-order valence-corrected chi connectivity index (χ1v) is 11.8. The number of benzene rings is 1. The van der Waals surface area contributed by atoms with Crippen molar-refractivity contribution in [3.63, 3.8) is 0 Å². The minimum atomic E-state index is -0.707. The van der Waals surface area contributed by atoms with E-state index in [0.29, 0.717) is 0 Å². The van der Waals surface area contributed by atoms with Crippen molar-refractivity contribution in [3.05, 3.63) is 47.5 Å². The second-order valence-electron chi connectivity index (χ2n) is 11.0. The van der Waals surface area contributed by atoms with Crippen LogP contribution in [0.15, 0.2) is 42.0 Å². The number of nitrogens with one attached hydrogen (secondary N) is 2. The van der Waals surface area contributed by atoms with Crippen molar-refractivity contribution in [3.8, 4) is 0 Å². The largest absolute Gasteiger partial charge is 0.392 e. The summed E-state index contributed by atoms with van der Waals surface area (Å²) in [4.78, 5) is 28.9. The summed E-state index contributed by atoms with van der Waals surface area (Å²) in [6.45, 7) is 15.8. The van der Waals surface area contributed by atoms with Gasteiger partial charge in [-0.05, 0) is 30.9 Å². The molecule has 6 heteroatoms. The van der Waals surface area contributed by atoms with Gasteiger partial charge in [-0.2, -0.15) is 0 Å². The maximum absolute atomic E-state index is 13.7. The molecule has 0 aromatic heterocycles. The summed E-state index contributed by atoms with van der Waals surface area (Å²) in [5, 5.41) is 15.7. The highest BCUT2D eigenvalue weighted by Gasteiger charge is 2.41. The van der Waals surface area contributed by atoms with Gasteiger partial charge in [0.15, 0.2) is 0 Å². The van der Waals surface area contributed by atoms with Crippen molar-refractivity contribution in [1.82, 2.24) is 15.5 Å². The lowest BCUT2D eigenvalue weighted by molar-refractivity contribution is -0.140. The van der Waals surface area contributed by atoms with Crippen molar-refractivity contribution >= 4 is 11.8 Å². The van der Waals surface area contributed by atoms with Gasteiger partial charge in [-0.15, -0.1) is 0 Å². The van der Waals surface area contributed by atoms with Gasteiger partial charge in [0.05, 0.1) is 18.7 Å². The van der Waals surface area contributed by atoms with Gasteiger partial charge in [0.25, 0.3) is 0 Å². The average Bonchev–Trinajstić information content (AvgIpc) is 2.74. The quantitative estimate of drug-likeness (QED) is 0.468. The van der Waals surface area contributed by atoms with Crippen LogP contribution in [0.4, 0.5) is 0 Å². The van der Waals surface area contributed by atoms with Gasteiger partial charge in [-0.1, -0.05) is 90.4 Å². The van der Waals surface area contributed by atoms with Crippen LogP contribution in [0.5, 0.6) is 0 Å². The van der Waals surface area contributed by atoms with Crippen LogP contribution in [0.25, 0.3) is 0 Å². The molecule has 0 aliphatic heterocycles. The number of carbonyl (C=O) groups excluding carboxylic acids is 2. The van der Waals surface area contributed by atoms with E-state index >= 15 is 0 Å². The van der Waals surface area contributed by atoms with E-state index in [-0.39, 0.29) is 30.4 Å². The fourth-order valence-electron chi connectivity index (χ4n) is 4.17. The Bertz CT molecular complexity index is 810. The number of likely N-dealkylation sites (N-methyl/N-ethyl adjacent to an activating group) is 2. The Hall–Kier alpha value is -2.18. The number of hydrogen-bond donors (Lipinski definition) is 3. The van der Waals surface area contributed by atoms with E-state index in [4.69, 9.17) is 0 Å². The predicted octanol–water partition coefficient (Wildman–Crippen LogP) is 3.50. The molecule has 33 heavy (non-hydrogen) atoms. The minimum absolute atomic E-state index is 0.0525. The van der Waals surface area contributed by atoms with Crippen molar-refractivity contribution < 1.29 is 14.7 Å². The topological polar surface area (TPSA) is 81.7 Å². The summed E-state index contributed by atoms with van der Waals surface area (Å²) < 4.78 is 0. The molecule has 0 bridgehead atoms. The van der Waals surface area contributed by atoms with E-state index in [0.717, 1.165) is 11.1 Å². The van der Waals surface area contributed by atoms with E-state index in [2.05, 4.69) is 10.6 Å². The standard InChI is InChI=1S/C27H45N3O3/c1-18(2)21(16-19(3)17-31)30(10)25(33)23(26(4,5)6)29-24(32)22(28-9)27(7,8)20-14-12-11-13-15-20/h11-16,18,21-23,28,31H,17H2,1-10H3,(H,29,32)/t21-,22-,23+/m1/s1. The van der Waals surface area contributed by atoms with Crippen LogP contribution in [-0.4, -0.2) is 60.6 Å². The highest BCUT2D eigenvalue weighted by Crippen LogP contribution is 2.29. The van der Waals surface area contributed by atoms with Crippen LogP contribution in [0.1, 0.15) is 61.0 Å². The van der Waals surface area contributed by atoms with Crippen LogP contribution in [0.2, 0.25) is 0 Å². The summed E-state index contributed by atoms with van der Waals surface area (Å²) in [7, 11) is 3.54. The third-order valence-electron chi connectivity index (χ3n) is 6.37. The second kappa shape index (κ2) is 11.8. The first-order chi connectivity index (χ1) is 15.2. The molecule has 0 saturated carbocycles. The molecule has 0 spiro atoms. The van der Waals surface area contributed by atoms with Gasteiger partial charge in [0, 0.05) is 12.5 Å². The maximum Gasteiger partial charge on any atom is 0.245 e. The third-order valence-corrected chi connectivity index (χ3v) is 6.37. The number of aliphatic hydroxyl groups is 1. The van der Waals surface area contributed by atoms with Crippen molar-refractivity contribution in [2.45, 2.75) is 78.9 Å². The fourth-order valence-corrected chi connectivity index (χ4v) is 4.17. The van der Waals surface area contributed by atoms with Crippen LogP contribution in [0.3, 0.4) is 0 Å². The summed E-state index contributed by atoms with van der Waals surface area (Å²) in [5.41, 5.74) is 0.871. The molecule has 0 aliphatic rings. The van der Waals surface area contributed by atoms with Gasteiger partial charge < -0.3 is 20.6 Å². The van der Waals surface area contributed by atoms with Crippen LogP contribution in [-0.2, 0) is 15.0 Å². The zero-order valence-electron chi connectivity index (χ0n) is 22.2. The first kappa shape index (κ1) is 28.9. The average molecular weight is 460 g/mol. The first-order valence-electron chi connectivity index (χ1n) is 11.8. The molecule has 2 amide bonds. The lowest BCUT2D eigenvalue weighted by atomic mass is 9.76. The lowest BCUT2D eigenvalue weighted by Crippen LogP contribution is -2.61. The molecule has 1 rings (SSSR count). The van der Waals surface area contributed by atoms with Crippen molar-refractivity contribution in [2.75, 3.05) is 20.7 Å². The summed E-state index contributed by atoms with van der Waals surface area (Å²) in [6, 6.07) is 8.49. The smallest absolute Gasteiger partial charge is 0.245 e. The zero-order chi connectivity index (χ0) is 25.6. The van der Waals surface area contributed by atoms with Gasteiger partial charge in [0.1, 0.15) is 6.04 Å².